The second-order valence-corrected chi connectivity index (χ2v) is 4.86. The monoisotopic (exact) mass is 251 g/mol. The van der Waals surface area contributed by atoms with Gasteiger partial charge in [0.25, 0.3) is 0 Å². The maximum absolute atomic E-state index is 10.5. The van der Waals surface area contributed by atoms with Crippen molar-refractivity contribution in [3.05, 3.63) is 28.8 Å². The molecular formula is C14H21NO3. The summed E-state index contributed by atoms with van der Waals surface area (Å²) >= 11 is 0. The first-order chi connectivity index (χ1) is 8.31. The summed E-state index contributed by atoms with van der Waals surface area (Å²) in [6, 6.07) is 4.17. The Balaban J connectivity index is 2.81. The van der Waals surface area contributed by atoms with Gasteiger partial charge in [-0.3, -0.25) is 4.79 Å². The van der Waals surface area contributed by atoms with Crippen molar-refractivity contribution in [2.75, 3.05) is 18.5 Å². The lowest BCUT2D eigenvalue weighted by Crippen LogP contribution is -2.31. The number of aliphatic hydroxyl groups is 1. The molecule has 0 spiro atoms. The van der Waals surface area contributed by atoms with E-state index in [-0.39, 0.29) is 6.42 Å². The van der Waals surface area contributed by atoms with Crippen molar-refractivity contribution >= 4 is 11.7 Å². The van der Waals surface area contributed by atoms with Crippen LogP contribution in [0.4, 0.5) is 5.69 Å². The zero-order valence-electron chi connectivity index (χ0n) is 11.4. The van der Waals surface area contributed by atoms with Gasteiger partial charge in [0.2, 0.25) is 0 Å². The molecule has 0 aliphatic heterocycles. The van der Waals surface area contributed by atoms with E-state index in [1.54, 1.807) is 0 Å². The van der Waals surface area contributed by atoms with Crippen LogP contribution >= 0.6 is 0 Å². The molecule has 0 saturated heterocycles. The molecular weight excluding hydrogens is 230 g/mol. The number of aryl methyl sites for hydroxylation is 3. The van der Waals surface area contributed by atoms with Gasteiger partial charge in [-0.05, 0) is 43.5 Å². The fourth-order valence-electron chi connectivity index (χ4n) is 2.04. The van der Waals surface area contributed by atoms with Crippen LogP contribution < -0.4 is 4.90 Å². The van der Waals surface area contributed by atoms with Gasteiger partial charge >= 0.3 is 5.97 Å². The number of rotatable bonds is 5. The highest BCUT2D eigenvalue weighted by molar-refractivity contribution is 5.67. The zero-order chi connectivity index (χ0) is 13.9. The molecule has 0 bridgehead atoms. The van der Waals surface area contributed by atoms with Crippen molar-refractivity contribution in [2.24, 2.45) is 0 Å². The first-order valence-electron chi connectivity index (χ1n) is 6.00. The van der Waals surface area contributed by atoms with E-state index in [1.807, 2.05) is 25.8 Å². The van der Waals surface area contributed by atoms with Crippen LogP contribution in [0, 0.1) is 20.8 Å². The van der Waals surface area contributed by atoms with Crippen molar-refractivity contribution in [3.63, 3.8) is 0 Å². The van der Waals surface area contributed by atoms with E-state index in [9.17, 15) is 9.90 Å². The summed E-state index contributed by atoms with van der Waals surface area (Å²) in [6.07, 6.45) is -1.08. The number of aliphatic hydroxyl groups excluding tert-OH is 1. The fourth-order valence-corrected chi connectivity index (χ4v) is 2.04. The summed E-state index contributed by atoms with van der Waals surface area (Å²) in [5.41, 5.74) is 4.58. The van der Waals surface area contributed by atoms with E-state index in [0.717, 1.165) is 11.3 Å². The van der Waals surface area contributed by atoms with Crippen LogP contribution in [0.1, 0.15) is 23.1 Å². The third kappa shape index (κ3) is 3.74. The molecule has 4 heteroatoms. The number of carbonyl (C=O) groups is 1. The Kier molecular flexibility index (Phi) is 4.73. The molecule has 1 atom stereocenters. The number of carboxylic acid groups (broad SMARTS) is 1. The number of aliphatic carboxylic acids is 1. The van der Waals surface area contributed by atoms with E-state index in [4.69, 9.17) is 5.11 Å². The summed E-state index contributed by atoms with van der Waals surface area (Å²) in [5, 5.41) is 18.3. The van der Waals surface area contributed by atoms with Gasteiger partial charge in [0, 0.05) is 19.3 Å². The SMILES string of the molecule is Cc1cc(C)c(N(C)CC(O)CC(=O)O)cc1C. The zero-order valence-corrected chi connectivity index (χ0v) is 11.4. The summed E-state index contributed by atoms with van der Waals surface area (Å²) in [7, 11) is 1.86. The van der Waals surface area contributed by atoms with Crippen LogP contribution in [-0.4, -0.2) is 35.9 Å². The molecule has 0 saturated carbocycles. The van der Waals surface area contributed by atoms with Gasteiger partial charge in [0.1, 0.15) is 0 Å². The normalized spacial score (nSPS) is 12.3. The Hall–Kier alpha value is -1.55. The number of carboxylic acids is 1. The molecule has 18 heavy (non-hydrogen) atoms. The summed E-state index contributed by atoms with van der Waals surface area (Å²) in [6.45, 7) is 6.43. The smallest absolute Gasteiger partial charge is 0.306 e. The van der Waals surface area contributed by atoms with E-state index in [1.165, 1.54) is 11.1 Å². The predicted octanol–water partition coefficient (Wildman–Crippen LogP) is 1.88. The van der Waals surface area contributed by atoms with Gasteiger partial charge in [-0.2, -0.15) is 0 Å². The van der Waals surface area contributed by atoms with Crippen LogP contribution in [0.3, 0.4) is 0 Å². The third-order valence-electron chi connectivity index (χ3n) is 3.12. The van der Waals surface area contributed by atoms with E-state index in [2.05, 4.69) is 19.1 Å². The van der Waals surface area contributed by atoms with Crippen LogP contribution in [0.2, 0.25) is 0 Å². The lowest BCUT2D eigenvalue weighted by atomic mass is 10.0. The Bertz CT molecular complexity index is 443. The minimum Gasteiger partial charge on any atom is -0.481 e. The summed E-state index contributed by atoms with van der Waals surface area (Å²) in [4.78, 5) is 12.4. The molecule has 1 rings (SSSR count). The van der Waals surface area contributed by atoms with Crippen molar-refractivity contribution in [2.45, 2.75) is 33.3 Å². The van der Waals surface area contributed by atoms with Crippen LogP contribution in [0.5, 0.6) is 0 Å². The van der Waals surface area contributed by atoms with Gasteiger partial charge in [-0.25, -0.2) is 0 Å². The second kappa shape index (κ2) is 5.87. The quantitative estimate of drug-likeness (QED) is 0.839. The molecule has 0 aromatic heterocycles. The highest BCUT2D eigenvalue weighted by Crippen LogP contribution is 2.23. The average molecular weight is 251 g/mol. The fraction of sp³-hybridized carbons (Fsp3) is 0.500. The second-order valence-electron chi connectivity index (χ2n) is 4.86. The van der Waals surface area contributed by atoms with E-state index >= 15 is 0 Å². The topological polar surface area (TPSA) is 60.8 Å². The maximum atomic E-state index is 10.5. The summed E-state index contributed by atoms with van der Waals surface area (Å²) < 4.78 is 0. The summed E-state index contributed by atoms with van der Waals surface area (Å²) in [5.74, 6) is -0.979. The van der Waals surface area contributed by atoms with E-state index in [0.29, 0.717) is 6.54 Å². The number of likely N-dealkylation sites (N-methyl/N-ethyl adjacent to an activating group) is 1. The van der Waals surface area contributed by atoms with E-state index < -0.39 is 12.1 Å². The number of hydrogen-bond acceptors (Lipinski definition) is 3. The molecule has 1 aromatic rings. The molecule has 0 fully saturated rings. The number of anilines is 1. The van der Waals surface area contributed by atoms with Crippen LogP contribution in [0.15, 0.2) is 12.1 Å². The van der Waals surface area contributed by atoms with Crippen molar-refractivity contribution in [3.8, 4) is 0 Å². The standard InChI is InChI=1S/C14H21NO3/c1-9-5-11(3)13(6-10(9)2)15(4)8-12(16)7-14(17)18/h5-6,12,16H,7-8H2,1-4H3,(H,17,18). The number of benzene rings is 1. The van der Waals surface area contributed by atoms with Crippen molar-refractivity contribution < 1.29 is 15.0 Å². The first kappa shape index (κ1) is 14.5. The largest absolute Gasteiger partial charge is 0.481 e. The minimum absolute atomic E-state index is 0.228. The van der Waals surface area contributed by atoms with Crippen LogP contribution in [0.25, 0.3) is 0 Å². The Morgan fingerprint density at radius 1 is 1.22 bits per heavy atom. The minimum atomic E-state index is -0.979. The molecule has 0 radical (unpaired) electrons. The Morgan fingerprint density at radius 2 is 1.78 bits per heavy atom. The third-order valence-corrected chi connectivity index (χ3v) is 3.12. The lowest BCUT2D eigenvalue weighted by Gasteiger charge is -2.24. The predicted molar refractivity (Wildman–Crippen MR) is 72.2 cm³/mol. The maximum Gasteiger partial charge on any atom is 0.306 e. The molecule has 0 heterocycles. The van der Waals surface area contributed by atoms with Gasteiger partial charge in [-0.15, -0.1) is 0 Å². The molecule has 4 nitrogen and oxygen atoms in total. The number of nitrogens with zero attached hydrogens (tertiary/aromatic N) is 1. The van der Waals surface area contributed by atoms with Crippen molar-refractivity contribution in [1.82, 2.24) is 0 Å². The van der Waals surface area contributed by atoms with Crippen molar-refractivity contribution in [1.29, 1.82) is 0 Å². The Morgan fingerprint density at radius 3 is 2.33 bits per heavy atom. The molecule has 2 N–H and O–H groups in total. The highest BCUT2D eigenvalue weighted by Gasteiger charge is 2.14. The number of hydrogen-bond donors (Lipinski definition) is 2. The lowest BCUT2D eigenvalue weighted by molar-refractivity contribution is -0.139. The molecule has 0 aliphatic rings. The molecule has 1 unspecified atom stereocenters. The molecule has 0 amide bonds. The first-order valence-corrected chi connectivity index (χ1v) is 6.00. The Labute approximate surface area is 108 Å². The van der Waals surface area contributed by atoms with Gasteiger partial charge in [0.05, 0.1) is 12.5 Å². The van der Waals surface area contributed by atoms with Crippen LogP contribution in [-0.2, 0) is 4.79 Å². The molecule has 0 aliphatic carbocycles. The average Bonchev–Trinajstić information content (AvgIpc) is 2.21. The molecule has 100 valence electrons. The van der Waals surface area contributed by atoms with Gasteiger partial charge in [0.15, 0.2) is 0 Å². The highest BCUT2D eigenvalue weighted by atomic mass is 16.4. The molecule has 1 aromatic carbocycles. The van der Waals surface area contributed by atoms with Gasteiger partial charge in [-0.1, -0.05) is 6.07 Å². The van der Waals surface area contributed by atoms with Gasteiger partial charge < -0.3 is 15.1 Å².